The molecule has 0 fully saturated rings. The highest BCUT2D eigenvalue weighted by Crippen LogP contribution is 2.15. The molecule has 0 saturated carbocycles. The van der Waals surface area contributed by atoms with Gasteiger partial charge in [0, 0.05) is 11.4 Å². The van der Waals surface area contributed by atoms with Crippen molar-refractivity contribution in [3.8, 4) is 0 Å². The Kier molecular flexibility index (Phi) is 10.9. The number of aliphatic hydroxyl groups excluding tert-OH is 1. The summed E-state index contributed by atoms with van der Waals surface area (Å²) in [6, 6.07) is 0. The summed E-state index contributed by atoms with van der Waals surface area (Å²) in [5, 5.41) is 8.57. The minimum Gasteiger partial charge on any atom is -0.396 e. The third-order valence-electron chi connectivity index (χ3n) is 2.37. The van der Waals surface area contributed by atoms with E-state index in [0.717, 1.165) is 11.2 Å². The number of hydrogen-bond acceptors (Lipinski definition) is 1. The Bertz CT molecular complexity index is 96.1. The molecular weight excluding hydrogens is 228 g/mol. The zero-order chi connectivity index (χ0) is 9.94. The van der Waals surface area contributed by atoms with Gasteiger partial charge in [-0.3, -0.25) is 0 Å². The highest BCUT2D eigenvalue weighted by atomic mass is 79.9. The minimum absolute atomic E-state index is 0.360. The van der Waals surface area contributed by atoms with Gasteiger partial charge in [0.15, 0.2) is 0 Å². The van der Waals surface area contributed by atoms with Crippen LogP contribution in [0.3, 0.4) is 0 Å². The maximum atomic E-state index is 8.57. The molecule has 0 bridgehead atoms. The van der Waals surface area contributed by atoms with Crippen molar-refractivity contribution in [1.82, 2.24) is 0 Å². The predicted molar refractivity (Wildman–Crippen MR) is 62.4 cm³/mol. The van der Waals surface area contributed by atoms with E-state index >= 15 is 0 Å². The first-order valence-electron chi connectivity index (χ1n) is 5.56. The van der Waals surface area contributed by atoms with E-state index in [1.807, 2.05) is 0 Å². The normalized spacial score (nSPS) is 13.2. The second kappa shape index (κ2) is 10.5. The van der Waals surface area contributed by atoms with E-state index in [0.29, 0.717) is 6.61 Å². The molecule has 0 aromatic heterocycles. The van der Waals surface area contributed by atoms with Gasteiger partial charge in [0.25, 0.3) is 0 Å². The van der Waals surface area contributed by atoms with Crippen molar-refractivity contribution >= 4 is 15.9 Å². The van der Waals surface area contributed by atoms with Crippen LogP contribution in [0.25, 0.3) is 0 Å². The van der Waals surface area contributed by atoms with Gasteiger partial charge in [-0.1, -0.05) is 55.0 Å². The minimum atomic E-state index is 0.360. The molecule has 0 saturated heterocycles. The molecule has 0 aromatic carbocycles. The molecule has 0 aromatic rings. The van der Waals surface area contributed by atoms with Gasteiger partial charge < -0.3 is 5.11 Å². The molecule has 0 aliphatic rings. The van der Waals surface area contributed by atoms with Crippen molar-refractivity contribution < 1.29 is 5.11 Å². The monoisotopic (exact) mass is 250 g/mol. The van der Waals surface area contributed by atoms with E-state index in [2.05, 4.69) is 22.9 Å². The van der Waals surface area contributed by atoms with E-state index in [1.165, 1.54) is 44.9 Å². The van der Waals surface area contributed by atoms with Crippen molar-refractivity contribution in [2.75, 3.05) is 6.61 Å². The molecule has 1 N–H and O–H groups in total. The zero-order valence-corrected chi connectivity index (χ0v) is 10.4. The van der Waals surface area contributed by atoms with Crippen molar-refractivity contribution in [3.05, 3.63) is 0 Å². The smallest absolute Gasteiger partial charge is 0.0431 e. The molecule has 13 heavy (non-hydrogen) atoms. The molecule has 1 unspecified atom stereocenters. The Morgan fingerprint density at radius 2 is 1.54 bits per heavy atom. The van der Waals surface area contributed by atoms with Gasteiger partial charge in [0.1, 0.15) is 0 Å². The van der Waals surface area contributed by atoms with Crippen molar-refractivity contribution in [2.45, 2.75) is 63.1 Å². The van der Waals surface area contributed by atoms with Crippen LogP contribution < -0.4 is 0 Å². The quantitative estimate of drug-likeness (QED) is 0.487. The first kappa shape index (κ1) is 13.4. The lowest BCUT2D eigenvalue weighted by Crippen LogP contribution is -1.94. The van der Waals surface area contributed by atoms with E-state index in [4.69, 9.17) is 5.11 Å². The van der Waals surface area contributed by atoms with Gasteiger partial charge in [0.2, 0.25) is 0 Å². The topological polar surface area (TPSA) is 20.2 Å². The summed E-state index contributed by atoms with van der Waals surface area (Å²) in [5.74, 6) is 0. The van der Waals surface area contributed by atoms with E-state index in [-0.39, 0.29) is 0 Å². The fourth-order valence-electron chi connectivity index (χ4n) is 1.39. The summed E-state index contributed by atoms with van der Waals surface area (Å²) in [7, 11) is 0. The van der Waals surface area contributed by atoms with Gasteiger partial charge in [-0.25, -0.2) is 0 Å². The van der Waals surface area contributed by atoms with Crippen LogP contribution in [0, 0.1) is 0 Å². The molecule has 2 heteroatoms. The second-order valence-electron chi connectivity index (χ2n) is 3.64. The number of aliphatic hydroxyl groups is 1. The number of hydrogen-bond donors (Lipinski definition) is 1. The fourth-order valence-corrected chi connectivity index (χ4v) is 1.71. The SMILES string of the molecule is CCC(Br)CCCCCCCCO. The van der Waals surface area contributed by atoms with Crippen LogP contribution in [0.1, 0.15) is 58.3 Å². The second-order valence-corrected chi connectivity index (χ2v) is 4.93. The van der Waals surface area contributed by atoms with Gasteiger partial charge in [-0.15, -0.1) is 0 Å². The molecule has 0 rings (SSSR count). The third-order valence-corrected chi connectivity index (χ3v) is 3.47. The predicted octanol–water partition coefficient (Wildman–Crippen LogP) is 3.88. The Balaban J connectivity index is 2.91. The summed E-state index contributed by atoms with van der Waals surface area (Å²) < 4.78 is 0. The third kappa shape index (κ3) is 10.4. The summed E-state index contributed by atoms with van der Waals surface area (Å²) in [4.78, 5) is 0.727. The van der Waals surface area contributed by atoms with Crippen molar-refractivity contribution in [2.24, 2.45) is 0 Å². The lowest BCUT2D eigenvalue weighted by atomic mass is 10.1. The summed E-state index contributed by atoms with van der Waals surface area (Å²) in [6.07, 6.45) is 10.1. The van der Waals surface area contributed by atoms with Crippen molar-refractivity contribution in [1.29, 1.82) is 0 Å². The standard InChI is InChI=1S/C11H23BrO/c1-2-11(12)9-7-5-3-4-6-8-10-13/h11,13H,2-10H2,1H3. The van der Waals surface area contributed by atoms with Crippen LogP contribution in [0.5, 0.6) is 0 Å². The molecular formula is C11H23BrO. The molecule has 1 atom stereocenters. The Morgan fingerprint density at radius 1 is 1.00 bits per heavy atom. The number of unbranched alkanes of at least 4 members (excludes halogenated alkanes) is 5. The largest absolute Gasteiger partial charge is 0.396 e. The maximum Gasteiger partial charge on any atom is 0.0431 e. The van der Waals surface area contributed by atoms with Crippen LogP contribution in [-0.2, 0) is 0 Å². The molecule has 0 heterocycles. The van der Waals surface area contributed by atoms with Gasteiger partial charge in [0.05, 0.1) is 0 Å². The van der Waals surface area contributed by atoms with Crippen LogP contribution in [0.4, 0.5) is 0 Å². The summed E-state index contributed by atoms with van der Waals surface area (Å²) in [6.45, 7) is 2.58. The molecule has 0 radical (unpaired) electrons. The van der Waals surface area contributed by atoms with Gasteiger partial charge in [-0.05, 0) is 19.3 Å². The van der Waals surface area contributed by atoms with Crippen LogP contribution >= 0.6 is 15.9 Å². The van der Waals surface area contributed by atoms with Gasteiger partial charge in [-0.2, -0.15) is 0 Å². The lowest BCUT2D eigenvalue weighted by Gasteiger charge is -2.05. The molecule has 0 amide bonds. The summed E-state index contributed by atoms with van der Waals surface area (Å²) >= 11 is 3.64. The summed E-state index contributed by atoms with van der Waals surface area (Å²) in [5.41, 5.74) is 0. The van der Waals surface area contributed by atoms with Gasteiger partial charge >= 0.3 is 0 Å². The zero-order valence-electron chi connectivity index (χ0n) is 8.77. The van der Waals surface area contributed by atoms with E-state index in [9.17, 15) is 0 Å². The molecule has 1 nitrogen and oxygen atoms in total. The van der Waals surface area contributed by atoms with E-state index in [1.54, 1.807) is 0 Å². The van der Waals surface area contributed by atoms with Crippen LogP contribution in [0.2, 0.25) is 0 Å². The average Bonchev–Trinajstić information content (AvgIpc) is 2.16. The molecule has 0 aliphatic carbocycles. The first-order chi connectivity index (χ1) is 6.31. The van der Waals surface area contributed by atoms with Crippen molar-refractivity contribution in [3.63, 3.8) is 0 Å². The lowest BCUT2D eigenvalue weighted by molar-refractivity contribution is 0.282. The number of rotatable bonds is 9. The highest BCUT2D eigenvalue weighted by Gasteiger charge is 1.99. The molecule has 0 aliphatic heterocycles. The van der Waals surface area contributed by atoms with Crippen LogP contribution in [0.15, 0.2) is 0 Å². The number of alkyl halides is 1. The highest BCUT2D eigenvalue weighted by molar-refractivity contribution is 9.09. The number of halogens is 1. The van der Waals surface area contributed by atoms with Crippen LogP contribution in [-0.4, -0.2) is 16.5 Å². The fraction of sp³-hybridized carbons (Fsp3) is 1.00. The Hall–Kier alpha value is 0.440. The Morgan fingerprint density at radius 3 is 2.08 bits per heavy atom. The Labute approximate surface area is 91.1 Å². The molecule has 80 valence electrons. The average molecular weight is 251 g/mol. The molecule has 0 spiro atoms. The maximum absolute atomic E-state index is 8.57. The van der Waals surface area contributed by atoms with E-state index < -0.39 is 0 Å². The first-order valence-corrected chi connectivity index (χ1v) is 6.47.